The van der Waals surface area contributed by atoms with Crippen molar-refractivity contribution in [2.45, 2.75) is 6.92 Å². The normalized spacial score (nSPS) is 11.0. The molecule has 5 heteroatoms. The van der Waals surface area contributed by atoms with Crippen LogP contribution in [-0.4, -0.2) is 12.1 Å². The molecule has 162 valence electrons. The Morgan fingerprint density at radius 2 is 1.52 bits per heavy atom. The van der Waals surface area contributed by atoms with Crippen LogP contribution in [0.5, 0.6) is 5.75 Å². The van der Waals surface area contributed by atoms with Gasteiger partial charge in [0.1, 0.15) is 0 Å². The third kappa shape index (κ3) is 4.20. The van der Waals surface area contributed by atoms with Crippen LogP contribution in [0.3, 0.4) is 0 Å². The third-order valence-electron chi connectivity index (χ3n) is 5.57. The maximum atomic E-state index is 13.0. The largest absolute Gasteiger partial charge is 0.493 e. The van der Waals surface area contributed by atoms with Crippen molar-refractivity contribution in [1.82, 2.24) is 4.98 Å². The molecule has 0 aliphatic rings. The molecular weight excluding hydrogens is 478 g/mol. The standard InChI is InChI=1S/C28H20BrNO3/c1-17-6-8-18(9-7-17)21-15-24(19-10-12-22(29)13-11-19)30-25(16-21)23-14-20-4-3-5-26(32-2)27(20)33-28(23)31/h3-16H,1-2H3. The summed E-state index contributed by atoms with van der Waals surface area (Å²) >= 11 is 3.49. The number of halogens is 1. The fourth-order valence-electron chi connectivity index (χ4n) is 3.81. The van der Waals surface area contributed by atoms with Gasteiger partial charge in [0.15, 0.2) is 11.3 Å². The van der Waals surface area contributed by atoms with E-state index in [9.17, 15) is 4.79 Å². The number of ether oxygens (including phenoxy) is 1. The molecule has 3 aromatic carbocycles. The first-order valence-corrected chi connectivity index (χ1v) is 11.3. The highest BCUT2D eigenvalue weighted by Crippen LogP contribution is 2.32. The molecule has 0 saturated carbocycles. The summed E-state index contributed by atoms with van der Waals surface area (Å²) in [7, 11) is 1.56. The first kappa shape index (κ1) is 21.2. The van der Waals surface area contributed by atoms with Gasteiger partial charge < -0.3 is 9.15 Å². The van der Waals surface area contributed by atoms with Gasteiger partial charge in [-0.3, -0.25) is 0 Å². The summed E-state index contributed by atoms with van der Waals surface area (Å²) in [4.78, 5) is 17.9. The van der Waals surface area contributed by atoms with E-state index in [0.717, 1.165) is 32.2 Å². The number of benzene rings is 3. The van der Waals surface area contributed by atoms with Gasteiger partial charge in [0.25, 0.3) is 0 Å². The number of para-hydroxylation sites is 1. The highest BCUT2D eigenvalue weighted by molar-refractivity contribution is 9.10. The Morgan fingerprint density at radius 3 is 2.24 bits per heavy atom. The SMILES string of the molecule is COc1cccc2cc(-c3cc(-c4ccc(C)cc4)cc(-c4ccc(Br)cc4)n3)c(=O)oc12. The van der Waals surface area contributed by atoms with Crippen LogP contribution in [0.4, 0.5) is 0 Å². The molecule has 5 aromatic rings. The lowest BCUT2D eigenvalue weighted by atomic mass is 9.99. The average molecular weight is 498 g/mol. The van der Waals surface area contributed by atoms with Crippen molar-refractivity contribution in [2.24, 2.45) is 0 Å². The van der Waals surface area contributed by atoms with Crippen molar-refractivity contribution < 1.29 is 9.15 Å². The highest BCUT2D eigenvalue weighted by atomic mass is 79.9. The number of pyridine rings is 1. The summed E-state index contributed by atoms with van der Waals surface area (Å²) in [6, 6.07) is 27.6. The molecule has 0 saturated heterocycles. The second-order valence-electron chi connectivity index (χ2n) is 7.83. The van der Waals surface area contributed by atoms with Crippen molar-refractivity contribution in [1.29, 1.82) is 0 Å². The molecule has 0 amide bonds. The Bertz CT molecular complexity index is 1460. The quantitative estimate of drug-likeness (QED) is 0.245. The van der Waals surface area contributed by atoms with Crippen LogP contribution in [0.15, 0.2) is 98.6 Å². The van der Waals surface area contributed by atoms with E-state index in [-0.39, 0.29) is 0 Å². The molecular formula is C28H20BrNO3. The number of methoxy groups -OCH3 is 1. The summed E-state index contributed by atoms with van der Waals surface area (Å²) in [5.41, 5.74) is 5.88. The van der Waals surface area contributed by atoms with Crippen LogP contribution in [0.2, 0.25) is 0 Å². The predicted molar refractivity (Wildman–Crippen MR) is 136 cm³/mol. The fourth-order valence-corrected chi connectivity index (χ4v) is 4.07. The summed E-state index contributed by atoms with van der Waals surface area (Å²) in [5.74, 6) is 0.521. The molecule has 0 spiro atoms. The average Bonchev–Trinajstić information content (AvgIpc) is 2.84. The molecule has 0 aliphatic heterocycles. The molecule has 33 heavy (non-hydrogen) atoms. The number of hydrogen-bond donors (Lipinski definition) is 0. The molecule has 4 nitrogen and oxygen atoms in total. The molecule has 0 aliphatic carbocycles. The van der Waals surface area contributed by atoms with Gasteiger partial charge in [-0.1, -0.05) is 70.0 Å². The smallest absolute Gasteiger partial charge is 0.345 e. The first-order chi connectivity index (χ1) is 16.0. The van der Waals surface area contributed by atoms with Gasteiger partial charge in [-0.25, -0.2) is 9.78 Å². The van der Waals surface area contributed by atoms with Gasteiger partial charge in [0.05, 0.1) is 24.1 Å². The van der Waals surface area contributed by atoms with Crippen LogP contribution in [-0.2, 0) is 0 Å². The number of aromatic nitrogens is 1. The van der Waals surface area contributed by atoms with E-state index in [1.165, 1.54) is 5.56 Å². The summed E-state index contributed by atoms with van der Waals surface area (Å²) in [5, 5.41) is 0.775. The number of hydrogen-bond acceptors (Lipinski definition) is 4. The highest BCUT2D eigenvalue weighted by Gasteiger charge is 2.15. The van der Waals surface area contributed by atoms with Crippen molar-refractivity contribution >= 4 is 26.9 Å². The van der Waals surface area contributed by atoms with Crippen molar-refractivity contribution in [3.8, 4) is 39.4 Å². The Labute approximate surface area is 199 Å². The van der Waals surface area contributed by atoms with Gasteiger partial charge in [0, 0.05) is 15.4 Å². The molecule has 0 fully saturated rings. The lowest BCUT2D eigenvalue weighted by Crippen LogP contribution is -2.05. The third-order valence-corrected chi connectivity index (χ3v) is 6.10. The van der Waals surface area contributed by atoms with Crippen LogP contribution in [0.1, 0.15) is 5.56 Å². The van der Waals surface area contributed by atoms with E-state index in [1.807, 2.05) is 54.6 Å². The Kier molecular flexibility index (Phi) is 5.56. The topological polar surface area (TPSA) is 52.3 Å². The second kappa shape index (κ2) is 8.68. The minimum absolute atomic E-state index is 0.406. The molecule has 0 radical (unpaired) electrons. The fraction of sp³-hybridized carbons (Fsp3) is 0.0714. The molecule has 0 bridgehead atoms. The Morgan fingerprint density at radius 1 is 0.818 bits per heavy atom. The van der Waals surface area contributed by atoms with E-state index in [1.54, 1.807) is 13.2 Å². The van der Waals surface area contributed by atoms with Gasteiger partial charge in [-0.05, 0) is 54.4 Å². The van der Waals surface area contributed by atoms with Crippen molar-refractivity contribution in [3.05, 3.63) is 105 Å². The second-order valence-corrected chi connectivity index (χ2v) is 8.74. The zero-order valence-electron chi connectivity index (χ0n) is 18.1. The summed E-state index contributed by atoms with van der Waals surface area (Å²) < 4.78 is 12.0. The van der Waals surface area contributed by atoms with Crippen LogP contribution < -0.4 is 10.4 Å². The minimum Gasteiger partial charge on any atom is -0.493 e. The number of fused-ring (bicyclic) bond motifs is 1. The van der Waals surface area contributed by atoms with Gasteiger partial charge in [-0.15, -0.1) is 0 Å². The zero-order valence-corrected chi connectivity index (χ0v) is 19.7. The lowest BCUT2D eigenvalue weighted by Gasteiger charge is -2.11. The molecule has 5 rings (SSSR count). The molecule has 2 heterocycles. The maximum absolute atomic E-state index is 13.0. The predicted octanol–water partition coefficient (Wildman–Crippen LogP) is 7.27. The van der Waals surface area contributed by atoms with E-state index < -0.39 is 5.63 Å². The molecule has 2 aromatic heterocycles. The number of rotatable bonds is 4. The van der Waals surface area contributed by atoms with Gasteiger partial charge in [0.2, 0.25) is 0 Å². The van der Waals surface area contributed by atoms with E-state index in [2.05, 4.69) is 47.1 Å². The first-order valence-electron chi connectivity index (χ1n) is 10.5. The van der Waals surface area contributed by atoms with Crippen LogP contribution >= 0.6 is 15.9 Å². The van der Waals surface area contributed by atoms with Crippen LogP contribution in [0, 0.1) is 6.92 Å². The monoisotopic (exact) mass is 497 g/mol. The Hall–Kier alpha value is -3.70. The van der Waals surface area contributed by atoms with Gasteiger partial charge >= 0.3 is 5.63 Å². The van der Waals surface area contributed by atoms with Crippen molar-refractivity contribution in [2.75, 3.05) is 7.11 Å². The number of nitrogens with zero attached hydrogens (tertiary/aromatic N) is 1. The summed E-state index contributed by atoms with van der Waals surface area (Å²) in [6.07, 6.45) is 0. The summed E-state index contributed by atoms with van der Waals surface area (Å²) in [6.45, 7) is 2.06. The van der Waals surface area contributed by atoms with Crippen LogP contribution in [0.25, 0.3) is 44.6 Å². The minimum atomic E-state index is -0.456. The Balaban J connectivity index is 1.74. The molecule has 0 N–H and O–H groups in total. The lowest BCUT2D eigenvalue weighted by molar-refractivity contribution is 0.407. The van der Waals surface area contributed by atoms with Crippen molar-refractivity contribution in [3.63, 3.8) is 0 Å². The van der Waals surface area contributed by atoms with E-state index in [4.69, 9.17) is 14.1 Å². The van der Waals surface area contributed by atoms with Gasteiger partial charge in [-0.2, -0.15) is 0 Å². The maximum Gasteiger partial charge on any atom is 0.345 e. The number of aryl methyl sites for hydroxylation is 1. The van der Waals surface area contributed by atoms with E-state index in [0.29, 0.717) is 22.6 Å². The zero-order chi connectivity index (χ0) is 22.9. The van der Waals surface area contributed by atoms with E-state index >= 15 is 0 Å². The molecule has 0 atom stereocenters. The molecule has 0 unspecified atom stereocenters.